The predicted octanol–water partition coefficient (Wildman–Crippen LogP) is 2.45. The quantitative estimate of drug-likeness (QED) is 0.871. The van der Waals surface area contributed by atoms with Gasteiger partial charge in [-0.05, 0) is 28.8 Å². The molecule has 3 nitrogen and oxygen atoms in total. The average molecular weight is 234 g/mol. The molecule has 0 unspecified atom stereocenters. The highest BCUT2D eigenvalue weighted by atomic mass is 32.1. The molecule has 0 saturated heterocycles. The summed E-state index contributed by atoms with van der Waals surface area (Å²) in [6, 6.07) is 7.93. The van der Waals surface area contributed by atoms with Crippen LogP contribution >= 0.6 is 11.3 Å². The Labute approximate surface area is 98.5 Å². The third kappa shape index (κ3) is 2.17. The summed E-state index contributed by atoms with van der Waals surface area (Å²) in [6.45, 7) is 0.663. The van der Waals surface area contributed by atoms with Gasteiger partial charge in [0.05, 0.1) is 0 Å². The fraction of sp³-hybridized carbons (Fsp3) is 0.250. The highest BCUT2D eigenvalue weighted by Crippen LogP contribution is 2.25. The molecule has 0 aliphatic rings. The number of primary amides is 1. The normalized spacial score (nSPS) is 10.6. The summed E-state index contributed by atoms with van der Waals surface area (Å²) in [7, 11) is 1.72. The number of likely N-dealkylation sites (N-methyl/N-ethyl adjacent to an activating group) is 1. The Kier molecular flexibility index (Phi) is 3.10. The van der Waals surface area contributed by atoms with E-state index >= 15 is 0 Å². The zero-order valence-electron chi connectivity index (χ0n) is 9.14. The SMILES string of the molecule is CN(CCc1csc2ccccc12)C(N)=O. The van der Waals surface area contributed by atoms with Crippen molar-refractivity contribution < 1.29 is 4.79 Å². The number of thiophene rings is 1. The molecule has 0 bridgehead atoms. The first kappa shape index (κ1) is 11.0. The maximum absolute atomic E-state index is 10.9. The number of carbonyl (C=O) groups is 1. The number of nitrogens with zero attached hydrogens (tertiary/aromatic N) is 1. The summed E-state index contributed by atoms with van der Waals surface area (Å²) in [5.41, 5.74) is 6.46. The highest BCUT2D eigenvalue weighted by Gasteiger charge is 2.06. The zero-order valence-corrected chi connectivity index (χ0v) is 9.96. The van der Waals surface area contributed by atoms with Crippen LogP contribution in [-0.4, -0.2) is 24.5 Å². The van der Waals surface area contributed by atoms with E-state index in [1.807, 2.05) is 12.1 Å². The first-order valence-electron chi connectivity index (χ1n) is 5.14. The third-order valence-electron chi connectivity index (χ3n) is 2.65. The van der Waals surface area contributed by atoms with E-state index in [9.17, 15) is 4.79 Å². The molecule has 84 valence electrons. The number of amides is 2. The number of fused-ring (bicyclic) bond motifs is 1. The molecule has 2 aromatic rings. The van der Waals surface area contributed by atoms with Gasteiger partial charge in [-0.3, -0.25) is 0 Å². The number of carbonyl (C=O) groups excluding carboxylic acids is 1. The van der Waals surface area contributed by atoms with Gasteiger partial charge in [-0.15, -0.1) is 11.3 Å². The predicted molar refractivity (Wildman–Crippen MR) is 67.7 cm³/mol. The smallest absolute Gasteiger partial charge is 0.314 e. The minimum atomic E-state index is -0.375. The van der Waals surface area contributed by atoms with Gasteiger partial charge in [0, 0.05) is 18.3 Å². The molecule has 0 fully saturated rings. The molecule has 1 aromatic carbocycles. The first-order valence-corrected chi connectivity index (χ1v) is 6.02. The summed E-state index contributed by atoms with van der Waals surface area (Å²) in [4.78, 5) is 12.4. The van der Waals surface area contributed by atoms with E-state index in [1.165, 1.54) is 20.5 Å². The summed E-state index contributed by atoms with van der Waals surface area (Å²) in [5.74, 6) is 0. The maximum Gasteiger partial charge on any atom is 0.314 e. The molecule has 4 heteroatoms. The van der Waals surface area contributed by atoms with Gasteiger partial charge < -0.3 is 10.6 Å². The molecule has 0 radical (unpaired) electrons. The second-order valence-corrected chi connectivity index (χ2v) is 4.68. The first-order chi connectivity index (χ1) is 7.68. The van der Waals surface area contributed by atoms with Gasteiger partial charge in [-0.25, -0.2) is 4.79 Å². The van der Waals surface area contributed by atoms with Gasteiger partial charge in [-0.1, -0.05) is 18.2 Å². The second-order valence-electron chi connectivity index (χ2n) is 3.77. The fourth-order valence-electron chi connectivity index (χ4n) is 1.62. The van der Waals surface area contributed by atoms with Gasteiger partial charge in [0.25, 0.3) is 0 Å². The van der Waals surface area contributed by atoms with E-state index in [1.54, 1.807) is 18.4 Å². The largest absolute Gasteiger partial charge is 0.351 e. The molecule has 1 heterocycles. The summed E-state index contributed by atoms with van der Waals surface area (Å²) >= 11 is 1.74. The molecule has 16 heavy (non-hydrogen) atoms. The minimum Gasteiger partial charge on any atom is -0.351 e. The van der Waals surface area contributed by atoms with Crippen LogP contribution in [0.1, 0.15) is 5.56 Å². The van der Waals surface area contributed by atoms with E-state index in [4.69, 9.17) is 5.73 Å². The van der Waals surface area contributed by atoms with Crippen molar-refractivity contribution in [2.24, 2.45) is 5.73 Å². The lowest BCUT2D eigenvalue weighted by Crippen LogP contribution is -2.33. The standard InChI is InChI=1S/C12H14N2OS/c1-14(12(13)15)7-6-9-8-16-11-5-3-2-4-10(9)11/h2-5,8H,6-7H2,1H3,(H2,13,15). The van der Waals surface area contributed by atoms with Crippen LogP contribution in [0.5, 0.6) is 0 Å². The Morgan fingerprint density at radius 2 is 2.19 bits per heavy atom. The van der Waals surface area contributed by atoms with Crippen LogP contribution in [0.2, 0.25) is 0 Å². The van der Waals surface area contributed by atoms with Gasteiger partial charge >= 0.3 is 6.03 Å². The average Bonchev–Trinajstić information content (AvgIpc) is 2.69. The minimum absolute atomic E-state index is 0.375. The van der Waals surface area contributed by atoms with Gasteiger partial charge in [0.15, 0.2) is 0 Å². The van der Waals surface area contributed by atoms with Crippen LogP contribution in [0, 0.1) is 0 Å². The molecule has 2 amide bonds. The van der Waals surface area contributed by atoms with Crippen molar-refractivity contribution in [1.82, 2.24) is 4.90 Å². The van der Waals surface area contributed by atoms with E-state index in [-0.39, 0.29) is 6.03 Å². The van der Waals surface area contributed by atoms with Crippen LogP contribution < -0.4 is 5.73 Å². The summed E-state index contributed by atoms with van der Waals surface area (Å²) in [6.07, 6.45) is 0.851. The Bertz CT molecular complexity index is 506. The number of rotatable bonds is 3. The van der Waals surface area contributed by atoms with Crippen molar-refractivity contribution in [2.45, 2.75) is 6.42 Å². The van der Waals surface area contributed by atoms with Crippen molar-refractivity contribution in [2.75, 3.05) is 13.6 Å². The molecule has 2 N–H and O–H groups in total. The number of hydrogen-bond acceptors (Lipinski definition) is 2. The van der Waals surface area contributed by atoms with Crippen LogP contribution in [0.4, 0.5) is 4.79 Å². The number of urea groups is 1. The topological polar surface area (TPSA) is 46.3 Å². The Morgan fingerprint density at radius 3 is 2.94 bits per heavy atom. The van der Waals surface area contributed by atoms with Crippen LogP contribution in [0.25, 0.3) is 10.1 Å². The fourth-order valence-corrected chi connectivity index (χ4v) is 2.62. The van der Waals surface area contributed by atoms with E-state index in [2.05, 4.69) is 17.5 Å². The molecular formula is C12H14N2OS. The van der Waals surface area contributed by atoms with Gasteiger partial charge in [0.2, 0.25) is 0 Å². The van der Waals surface area contributed by atoms with Crippen molar-refractivity contribution in [3.63, 3.8) is 0 Å². The van der Waals surface area contributed by atoms with Gasteiger partial charge in [-0.2, -0.15) is 0 Å². The number of hydrogen-bond donors (Lipinski definition) is 1. The lowest BCUT2D eigenvalue weighted by atomic mass is 10.1. The molecule has 1 aromatic heterocycles. The van der Waals surface area contributed by atoms with Crippen LogP contribution in [0.15, 0.2) is 29.6 Å². The van der Waals surface area contributed by atoms with Crippen LogP contribution in [-0.2, 0) is 6.42 Å². The zero-order chi connectivity index (χ0) is 11.5. The van der Waals surface area contributed by atoms with Crippen molar-refractivity contribution >= 4 is 27.5 Å². The molecule has 0 aliphatic heterocycles. The Morgan fingerprint density at radius 1 is 1.44 bits per heavy atom. The lowest BCUT2D eigenvalue weighted by Gasteiger charge is -2.13. The molecule has 0 saturated carbocycles. The van der Waals surface area contributed by atoms with E-state index < -0.39 is 0 Å². The third-order valence-corrected chi connectivity index (χ3v) is 3.67. The molecule has 0 aliphatic carbocycles. The summed E-state index contributed by atoms with van der Waals surface area (Å²) in [5, 5.41) is 3.44. The molecule has 0 spiro atoms. The van der Waals surface area contributed by atoms with Gasteiger partial charge in [0.1, 0.15) is 0 Å². The van der Waals surface area contributed by atoms with Crippen molar-refractivity contribution in [1.29, 1.82) is 0 Å². The van der Waals surface area contributed by atoms with E-state index in [0.29, 0.717) is 6.54 Å². The molecular weight excluding hydrogens is 220 g/mol. The monoisotopic (exact) mass is 234 g/mol. The van der Waals surface area contributed by atoms with Crippen molar-refractivity contribution in [3.05, 3.63) is 35.2 Å². The summed E-state index contributed by atoms with van der Waals surface area (Å²) < 4.78 is 1.29. The lowest BCUT2D eigenvalue weighted by molar-refractivity contribution is 0.219. The maximum atomic E-state index is 10.9. The molecule has 0 atom stereocenters. The highest BCUT2D eigenvalue weighted by molar-refractivity contribution is 7.17. The molecule has 2 rings (SSSR count). The van der Waals surface area contributed by atoms with Crippen molar-refractivity contribution in [3.8, 4) is 0 Å². The second kappa shape index (κ2) is 4.53. The Hall–Kier alpha value is -1.55. The van der Waals surface area contributed by atoms with Crippen LogP contribution in [0.3, 0.4) is 0 Å². The Balaban J connectivity index is 2.13. The number of benzene rings is 1. The van der Waals surface area contributed by atoms with E-state index in [0.717, 1.165) is 6.42 Å². The number of nitrogens with two attached hydrogens (primary N) is 1.